The van der Waals surface area contributed by atoms with E-state index in [1.807, 2.05) is 31.2 Å². The summed E-state index contributed by atoms with van der Waals surface area (Å²) in [6, 6.07) is 7.86. The van der Waals surface area contributed by atoms with Crippen LogP contribution in [0.4, 0.5) is 5.69 Å². The first-order valence-corrected chi connectivity index (χ1v) is 6.44. The monoisotopic (exact) mass is 241 g/mol. The second-order valence-corrected chi connectivity index (χ2v) is 4.71. The highest BCUT2D eigenvalue weighted by atomic mass is 16.1. The second kappa shape index (κ2) is 6.20. The summed E-state index contributed by atoms with van der Waals surface area (Å²) in [5.41, 5.74) is 2.02. The van der Waals surface area contributed by atoms with Crippen molar-refractivity contribution in [2.75, 3.05) is 5.32 Å². The largest absolute Gasteiger partial charge is 0.326 e. The number of carbonyl (C=O) groups is 1. The smallest absolute Gasteiger partial charge is 0.224 e. The predicted octanol–water partition coefficient (Wildman–Crippen LogP) is 3.85. The number of hydrogen-bond acceptors (Lipinski definition) is 1. The van der Waals surface area contributed by atoms with E-state index >= 15 is 0 Å². The molecule has 0 fully saturated rings. The van der Waals surface area contributed by atoms with E-state index in [0.717, 1.165) is 24.1 Å². The lowest BCUT2D eigenvalue weighted by atomic mass is 9.95. The van der Waals surface area contributed by atoms with Crippen molar-refractivity contribution >= 4 is 11.6 Å². The van der Waals surface area contributed by atoms with Crippen LogP contribution < -0.4 is 5.32 Å². The highest BCUT2D eigenvalue weighted by Crippen LogP contribution is 2.18. The predicted molar refractivity (Wildman–Crippen MR) is 75.4 cm³/mol. The van der Waals surface area contributed by atoms with Gasteiger partial charge in [-0.15, -0.1) is 0 Å². The maximum atomic E-state index is 11.9. The van der Waals surface area contributed by atoms with E-state index in [-0.39, 0.29) is 5.91 Å². The summed E-state index contributed by atoms with van der Waals surface area (Å²) in [6.45, 7) is 2.00. The number of carbonyl (C=O) groups excluding carboxylic acids is 1. The quantitative estimate of drug-likeness (QED) is 0.852. The summed E-state index contributed by atoms with van der Waals surface area (Å²) in [5, 5.41) is 2.97. The zero-order chi connectivity index (χ0) is 12.8. The second-order valence-electron chi connectivity index (χ2n) is 4.71. The van der Waals surface area contributed by atoms with Crippen molar-refractivity contribution in [3.05, 3.63) is 54.1 Å². The molecule has 1 aromatic rings. The molecule has 1 atom stereocenters. The van der Waals surface area contributed by atoms with Crippen LogP contribution in [0.25, 0.3) is 0 Å². The third-order valence-corrected chi connectivity index (χ3v) is 3.23. The van der Waals surface area contributed by atoms with Crippen molar-refractivity contribution in [1.29, 1.82) is 0 Å². The molecule has 0 aromatic heterocycles. The Morgan fingerprint density at radius 1 is 1.33 bits per heavy atom. The topological polar surface area (TPSA) is 29.1 Å². The molecule has 0 saturated carbocycles. The van der Waals surface area contributed by atoms with Gasteiger partial charge in [0.2, 0.25) is 5.91 Å². The van der Waals surface area contributed by atoms with E-state index in [0.29, 0.717) is 12.3 Å². The van der Waals surface area contributed by atoms with E-state index < -0.39 is 0 Å². The molecule has 2 nitrogen and oxygen atoms in total. The molecule has 18 heavy (non-hydrogen) atoms. The molecule has 94 valence electrons. The molecule has 0 saturated heterocycles. The van der Waals surface area contributed by atoms with Crippen molar-refractivity contribution in [1.82, 2.24) is 0 Å². The molecule has 2 heteroatoms. The SMILES string of the molecule is Cc1ccccc1NC(=O)CC[C@H]1C=CC=CC1. The average molecular weight is 241 g/mol. The van der Waals surface area contributed by atoms with Gasteiger partial charge in [0.25, 0.3) is 0 Å². The van der Waals surface area contributed by atoms with Gasteiger partial charge in [0.1, 0.15) is 0 Å². The molecule has 1 aliphatic rings. The molecule has 2 rings (SSSR count). The maximum absolute atomic E-state index is 11.9. The average Bonchev–Trinajstić information content (AvgIpc) is 2.40. The first kappa shape index (κ1) is 12.6. The number of anilines is 1. The zero-order valence-electron chi connectivity index (χ0n) is 10.7. The summed E-state index contributed by atoms with van der Waals surface area (Å²) in [5.74, 6) is 0.616. The lowest BCUT2D eigenvalue weighted by molar-refractivity contribution is -0.116. The van der Waals surface area contributed by atoms with Gasteiger partial charge in [0.15, 0.2) is 0 Å². The molecule has 0 spiro atoms. The van der Waals surface area contributed by atoms with Crippen molar-refractivity contribution in [2.24, 2.45) is 5.92 Å². The van der Waals surface area contributed by atoms with Crippen LogP contribution in [0.15, 0.2) is 48.6 Å². The van der Waals surface area contributed by atoms with Crippen LogP contribution in [-0.4, -0.2) is 5.91 Å². The van der Waals surface area contributed by atoms with Gasteiger partial charge in [-0.25, -0.2) is 0 Å². The number of allylic oxidation sites excluding steroid dienone is 4. The number of para-hydroxylation sites is 1. The van der Waals surface area contributed by atoms with Gasteiger partial charge in [0, 0.05) is 12.1 Å². The molecule has 1 amide bonds. The fourth-order valence-electron chi connectivity index (χ4n) is 2.09. The van der Waals surface area contributed by atoms with Crippen LogP contribution in [0.2, 0.25) is 0 Å². The van der Waals surface area contributed by atoms with Crippen molar-refractivity contribution in [2.45, 2.75) is 26.2 Å². The first-order valence-electron chi connectivity index (χ1n) is 6.44. The van der Waals surface area contributed by atoms with Crippen molar-refractivity contribution in [3.63, 3.8) is 0 Å². The van der Waals surface area contributed by atoms with Gasteiger partial charge in [-0.1, -0.05) is 42.5 Å². The minimum atomic E-state index is 0.104. The molecular weight excluding hydrogens is 222 g/mol. The lowest BCUT2D eigenvalue weighted by Crippen LogP contribution is -2.13. The van der Waals surface area contributed by atoms with E-state index in [2.05, 4.69) is 29.6 Å². The summed E-state index contributed by atoms with van der Waals surface area (Å²) in [7, 11) is 0. The summed E-state index contributed by atoms with van der Waals surface area (Å²) in [4.78, 5) is 11.9. The van der Waals surface area contributed by atoms with E-state index in [9.17, 15) is 4.79 Å². The Balaban J connectivity index is 1.80. The summed E-state index contributed by atoms with van der Waals surface area (Å²) in [6.07, 6.45) is 11.0. The number of benzene rings is 1. The molecular formula is C16H19NO. The Morgan fingerprint density at radius 2 is 2.17 bits per heavy atom. The van der Waals surface area contributed by atoms with Crippen LogP contribution in [0.3, 0.4) is 0 Å². The highest BCUT2D eigenvalue weighted by Gasteiger charge is 2.09. The van der Waals surface area contributed by atoms with Crippen LogP contribution in [0, 0.1) is 12.8 Å². The number of hydrogen-bond donors (Lipinski definition) is 1. The number of rotatable bonds is 4. The van der Waals surface area contributed by atoms with Gasteiger partial charge in [-0.2, -0.15) is 0 Å². The molecule has 0 aliphatic heterocycles. The Kier molecular flexibility index (Phi) is 4.35. The van der Waals surface area contributed by atoms with Crippen LogP contribution >= 0.6 is 0 Å². The molecule has 0 heterocycles. The fraction of sp³-hybridized carbons (Fsp3) is 0.312. The zero-order valence-corrected chi connectivity index (χ0v) is 10.7. The third-order valence-electron chi connectivity index (χ3n) is 3.23. The van der Waals surface area contributed by atoms with Gasteiger partial charge >= 0.3 is 0 Å². The van der Waals surface area contributed by atoms with Crippen LogP contribution in [-0.2, 0) is 4.79 Å². The van der Waals surface area contributed by atoms with Gasteiger partial charge in [0.05, 0.1) is 0 Å². The Hall–Kier alpha value is -1.83. The number of aryl methyl sites for hydroxylation is 1. The Bertz CT molecular complexity index is 474. The number of amides is 1. The molecule has 0 unspecified atom stereocenters. The van der Waals surface area contributed by atoms with Gasteiger partial charge in [-0.3, -0.25) is 4.79 Å². The molecule has 1 aromatic carbocycles. The summed E-state index contributed by atoms with van der Waals surface area (Å²) < 4.78 is 0. The fourth-order valence-corrected chi connectivity index (χ4v) is 2.09. The first-order chi connectivity index (χ1) is 8.75. The Morgan fingerprint density at radius 3 is 2.89 bits per heavy atom. The minimum absolute atomic E-state index is 0.104. The van der Waals surface area contributed by atoms with Crippen LogP contribution in [0.1, 0.15) is 24.8 Å². The maximum Gasteiger partial charge on any atom is 0.224 e. The van der Waals surface area contributed by atoms with E-state index in [4.69, 9.17) is 0 Å². The molecule has 1 N–H and O–H groups in total. The van der Waals surface area contributed by atoms with E-state index in [1.165, 1.54) is 0 Å². The van der Waals surface area contributed by atoms with Crippen LogP contribution in [0.5, 0.6) is 0 Å². The Labute approximate surface area is 108 Å². The third kappa shape index (κ3) is 3.59. The normalized spacial score (nSPS) is 17.7. The molecule has 0 bridgehead atoms. The minimum Gasteiger partial charge on any atom is -0.326 e. The van der Waals surface area contributed by atoms with E-state index in [1.54, 1.807) is 0 Å². The molecule has 1 aliphatic carbocycles. The molecule has 0 radical (unpaired) electrons. The van der Waals surface area contributed by atoms with Gasteiger partial charge < -0.3 is 5.32 Å². The number of nitrogens with one attached hydrogen (secondary N) is 1. The highest BCUT2D eigenvalue weighted by molar-refractivity contribution is 5.91. The standard InChI is InChI=1S/C16H19NO/c1-13-7-5-6-10-15(13)17-16(18)12-11-14-8-3-2-4-9-14/h2-8,10,14H,9,11-12H2,1H3,(H,17,18)/t14-/m0/s1. The van der Waals surface area contributed by atoms with Crippen molar-refractivity contribution in [3.8, 4) is 0 Å². The van der Waals surface area contributed by atoms with Crippen molar-refractivity contribution < 1.29 is 4.79 Å². The lowest BCUT2D eigenvalue weighted by Gasteiger charge is -2.13. The van der Waals surface area contributed by atoms with Gasteiger partial charge in [-0.05, 0) is 37.3 Å². The summed E-state index contributed by atoms with van der Waals surface area (Å²) >= 11 is 0.